The van der Waals surface area contributed by atoms with Gasteiger partial charge in [0.05, 0.1) is 6.20 Å². The molecule has 2 aromatic carbocycles. The van der Waals surface area contributed by atoms with E-state index in [0.29, 0.717) is 11.6 Å². The molecule has 4 aromatic rings. The van der Waals surface area contributed by atoms with Crippen LogP contribution < -0.4 is 5.32 Å². The summed E-state index contributed by atoms with van der Waals surface area (Å²) in [6.07, 6.45) is 8.83. The highest BCUT2D eigenvalue weighted by Gasteiger charge is 2.20. The molecule has 1 amide bonds. The Morgan fingerprint density at radius 1 is 1.21 bits per heavy atom. The highest BCUT2D eigenvalue weighted by molar-refractivity contribution is 6.31. The predicted molar refractivity (Wildman–Crippen MR) is 117 cm³/mol. The molecule has 0 radical (unpaired) electrons. The molecule has 1 atom stereocenters. The van der Waals surface area contributed by atoms with Crippen LogP contribution in [0.3, 0.4) is 0 Å². The normalized spacial score (nSPS) is 12.5. The standard InChI is InChI=1S/C23H21ClN4O/c1-28-15-16(12-27-28)10-11-23(29)26-14-19(17-6-2-4-8-21(17)24)20-13-25-22-9-5-3-7-18(20)22/h2-13,15,19,25H,14H2,1H3,(H,26,29)/b11-10+. The summed E-state index contributed by atoms with van der Waals surface area (Å²) in [6, 6.07) is 15.9. The van der Waals surface area contributed by atoms with Crippen LogP contribution in [-0.4, -0.2) is 27.2 Å². The van der Waals surface area contributed by atoms with Gasteiger partial charge in [-0.05, 0) is 29.3 Å². The molecule has 2 N–H and O–H groups in total. The second-order valence-corrected chi connectivity index (χ2v) is 7.30. The molecule has 2 aromatic heterocycles. The van der Waals surface area contributed by atoms with Crippen LogP contribution in [-0.2, 0) is 11.8 Å². The molecule has 0 aliphatic heterocycles. The van der Waals surface area contributed by atoms with Gasteiger partial charge in [-0.1, -0.05) is 48.0 Å². The number of amides is 1. The van der Waals surface area contributed by atoms with Crippen molar-refractivity contribution in [3.05, 3.63) is 94.9 Å². The molecule has 0 bridgehead atoms. The van der Waals surface area contributed by atoms with Crippen LogP contribution in [0.2, 0.25) is 5.02 Å². The van der Waals surface area contributed by atoms with Gasteiger partial charge >= 0.3 is 0 Å². The Balaban J connectivity index is 1.59. The Labute approximate surface area is 174 Å². The summed E-state index contributed by atoms with van der Waals surface area (Å²) in [5.74, 6) is -0.235. The Hall–Kier alpha value is -3.31. The van der Waals surface area contributed by atoms with E-state index in [2.05, 4.69) is 21.5 Å². The van der Waals surface area contributed by atoms with Crippen LogP contribution in [0.4, 0.5) is 0 Å². The fraction of sp³-hybridized carbons (Fsp3) is 0.130. The van der Waals surface area contributed by atoms with E-state index in [1.54, 1.807) is 17.0 Å². The number of hydrogen-bond acceptors (Lipinski definition) is 2. The highest BCUT2D eigenvalue weighted by Crippen LogP contribution is 2.34. The fourth-order valence-electron chi connectivity index (χ4n) is 3.49. The number of hydrogen-bond donors (Lipinski definition) is 2. The van der Waals surface area contributed by atoms with Gasteiger partial charge in [0, 0.05) is 59.5 Å². The van der Waals surface area contributed by atoms with Crippen LogP contribution in [0.1, 0.15) is 22.6 Å². The largest absolute Gasteiger partial charge is 0.361 e. The first kappa shape index (κ1) is 19.0. The average molecular weight is 405 g/mol. The second kappa shape index (κ2) is 8.37. The lowest BCUT2D eigenvalue weighted by Gasteiger charge is -2.19. The van der Waals surface area contributed by atoms with Crippen LogP contribution in [0.25, 0.3) is 17.0 Å². The number of nitrogens with zero attached hydrogens (tertiary/aromatic N) is 2. The zero-order chi connectivity index (χ0) is 20.2. The van der Waals surface area contributed by atoms with Crippen molar-refractivity contribution in [3.63, 3.8) is 0 Å². The summed E-state index contributed by atoms with van der Waals surface area (Å²) in [7, 11) is 1.84. The molecule has 0 fully saturated rings. The van der Waals surface area contributed by atoms with Gasteiger partial charge in [0.25, 0.3) is 0 Å². The third-order valence-corrected chi connectivity index (χ3v) is 5.25. The van der Waals surface area contributed by atoms with E-state index in [9.17, 15) is 4.79 Å². The molecule has 0 saturated carbocycles. The van der Waals surface area contributed by atoms with Gasteiger partial charge in [0.15, 0.2) is 0 Å². The van der Waals surface area contributed by atoms with Crippen LogP contribution in [0.15, 0.2) is 73.2 Å². The van der Waals surface area contributed by atoms with Crippen LogP contribution in [0.5, 0.6) is 0 Å². The monoisotopic (exact) mass is 404 g/mol. The third kappa shape index (κ3) is 4.25. The zero-order valence-corrected chi connectivity index (χ0v) is 16.7. The SMILES string of the molecule is Cn1cc(/C=C/C(=O)NCC(c2ccccc2Cl)c2c[nH]c3ccccc23)cn1. The molecule has 6 heteroatoms. The zero-order valence-electron chi connectivity index (χ0n) is 16.0. The molecular weight excluding hydrogens is 384 g/mol. The van der Waals surface area contributed by atoms with Crippen LogP contribution >= 0.6 is 11.6 Å². The maximum Gasteiger partial charge on any atom is 0.244 e. The number of benzene rings is 2. The van der Waals surface area contributed by atoms with Crippen molar-refractivity contribution in [2.45, 2.75) is 5.92 Å². The van der Waals surface area contributed by atoms with E-state index >= 15 is 0 Å². The summed E-state index contributed by atoms with van der Waals surface area (Å²) in [5.41, 5.74) is 4.02. The molecule has 1 unspecified atom stereocenters. The molecular formula is C23H21ClN4O. The average Bonchev–Trinajstić information content (AvgIpc) is 3.34. The number of aryl methyl sites for hydroxylation is 1. The number of aromatic nitrogens is 3. The predicted octanol–water partition coefficient (Wildman–Crippen LogP) is 4.52. The third-order valence-electron chi connectivity index (χ3n) is 4.91. The Bertz CT molecular complexity index is 1170. The maximum atomic E-state index is 12.4. The quantitative estimate of drug-likeness (QED) is 0.464. The summed E-state index contributed by atoms with van der Waals surface area (Å²) < 4.78 is 1.70. The van der Waals surface area contributed by atoms with E-state index in [0.717, 1.165) is 27.6 Å². The maximum absolute atomic E-state index is 12.4. The summed E-state index contributed by atoms with van der Waals surface area (Å²) in [5, 5.41) is 8.92. The van der Waals surface area contributed by atoms with Crippen molar-refractivity contribution in [2.24, 2.45) is 7.05 Å². The first-order valence-electron chi connectivity index (χ1n) is 9.37. The van der Waals surface area contributed by atoms with E-state index in [4.69, 9.17) is 11.6 Å². The van der Waals surface area contributed by atoms with E-state index in [-0.39, 0.29) is 11.8 Å². The summed E-state index contributed by atoms with van der Waals surface area (Å²) in [4.78, 5) is 15.7. The summed E-state index contributed by atoms with van der Waals surface area (Å²) >= 11 is 6.50. The Morgan fingerprint density at radius 3 is 2.79 bits per heavy atom. The molecule has 0 saturated heterocycles. The lowest BCUT2D eigenvalue weighted by Crippen LogP contribution is -2.27. The second-order valence-electron chi connectivity index (χ2n) is 6.89. The number of H-pyrrole nitrogens is 1. The van der Waals surface area contributed by atoms with Gasteiger partial charge in [-0.25, -0.2) is 0 Å². The lowest BCUT2D eigenvalue weighted by molar-refractivity contribution is -0.116. The minimum Gasteiger partial charge on any atom is -0.361 e. The van der Waals surface area contributed by atoms with E-state index in [1.807, 2.05) is 61.9 Å². The minimum atomic E-state index is -0.161. The van der Waals surface area contributed by atoms with Crippen LogP contribution in [0, 0.1) is 0 Å². The van der Waals surface area contributed by atoms with Crippen molar-refractivity contribution in [3.8, 4) is 0 Å². The number of rotatable bonds is 6. The van der Waals surface area contributed by atoms with E-state index in [1.165, 1.54) is 6.08 Å². The van der Waals surface area contributed by atoms with Gasteiger partial charge in [0.2, 0.25) is 5.91 Å². The minimum absolute atomic E-state index is 0.0735. The van der Waals surface area contributed by atoms with Gasteiger partial charge in [-0.2, -0.15) is 5.10 Å². The first-order valence-corrected chi connectivity index (χ1v) is 9.74. The number of aromatic amines is 1. The molecule has 0 spiro atoms. The van der Waals surface area contributed by atoms with Crippen molar-refractivity contribution in [1.29, 1.82) is 0 Å². The summed E-state index contributed by atoms with van der Waals surface area (Å²) in [6.45, 7) is 0.432. The smallest absolute Gasteiger partial charge is 0.244 e. The molecule has 29 heavy (non-hydrogen) atoms. The van der Waals surface area contributed by atoms with Gasteiger partial charge in [0.1, 0.15) is 0 Å². The number of nitrogens with one attached hydrogen (secondary N) is 2. The molecule has 4 rings (SSSR count). The Morgan fingerprint density at radius 2 is 2.00 bits per heavy atom. The lowest BCUT2D eigenvalue weighted by atomic mass is 9.90. The van der Waals surface area contributed by atoms with E-state index < -0.39 is 0 Å². The fourth-order valence-corrected chi connectivity index (χ4v) is 3.75. The van der Waals surface area contributed by atoms with Gasteiger partial charge < -0.3 is 10.3 Å². The van der Waals surface area contributed by atoms with Gasteiger partial charge in [-0.3, -0.25) is 9.48 Å². The number of halogens is 1. The van der Waals surface area contributed by atoms with Crippen molar-refractivity contribution < 1.29 is 4.79 Å². The molecule has 5 nitrogen and oxygen atoms in total. The molecule has 0 aliphatic carbocycles. The molecule has 2 heterocycles. The van der Waals surface area contributed by atoms with Crippen molar-refractivity contribution in [2.75, 3.05) is 6.54 Å². The molecule has 0 aliphatic rings. The number of carbonyl (C=O) groups excluding carboxylic acids is 1. The molecule has 146 valence electrons. The first-order chi connectivity index (χ1) is 14.1. The van der Waals surface area contributed by atoms with Gasteiger partial charge in [-0.15, -0.1) is 0 Å². The Kier molecular flexibility index (Phi) is 5.49. The van der Waals surface area contributed by atoms with Crippen molar-refractivity contribution in [1.82, 2.24) is 20.1 Å². The topological polar surface area (TPSA) is 62.7 Å². The number of carbonyl (C=O) groups is 1. The van der Waals surface area contributed by atoms with Crippen molar-refractivity contribution >= 4 is 34.5 Å². The highest BCUT2D eigenvalue weighted by atomic mass is 35.5. The number of fused-ring (bicyclic) bond motifs is 1. The number of para-hydroxylation sites is 1.